The Kier molecular flexibility index (Phi) is 5.37. The van der Waals surface area contributed by atoms with E-state index in [-0.39, 0.29) is 5.69 Å². The van der Waals surface area contributed by atoms with E-state index in [1.54, 1.807) is 6.07 Å². The fourth-order valence-corrected chi connectivity index (χ4v) is 1.66. The number of benzene rings is 2. The van der Waals surface area contributed by atoms with Crippen LogP contribution in [0.5, 0.6) is 0 Å². The maximum Gasteiger partial charge on any atom is 0.249 e. The fraction of sp³-hybridized carbons (Fsp3) is 0.0625. The van der Waals surface area contributed by atoms with Gasteiger partial charge in [0.05, 0.1) is 11.9 Å². The number of halogens is 1. The van der Waals surface area contributed by atoms with Gasteiger partial charge in [-0.3, -0.25) is 9.59 Å². The van der Waals surface area contributed by atoms with Crippen molar-refractivity contribution < 1.29 is 14.0 Å². The number of anilines is 1. The topological polar surface area (TPSA) is 70.6 Å². The van der Waals surface area contributed by atoms with Crippen LogP contribution in [0.2, 0.25) is 0 Å². The lowest BCUT2D eigenvalue weighted by atomic mass is 10.2. The van der Waals surface area contributed by atoms with Gasteiger partial charge >= 0.3 is 0 Å². The Labute approximate surface area is 126 Å². The van der Waals surface area contributed by atoms with Gasteiger partial charge in [-0.25, -0.2) is 9.82 Å². The van der Waals surface area contributed by atoms with Gasteiger partial charge in [-0.15, -0.1) is 0 Å². The van der Waals surface area contributed by atoms with Gasteiger partial charge in [0.1, 0.15) is 12.2 Å². The van der Waals surface area contributed by atoms with E-state index in [2.05, 4.69) is 15.8 Å². The molecule has 2 aromatic carbocycles. The van der Waals surface area contributed by atoms with Gasteiger partial charge in [-0.2, -0.15) is 5.10 Å². The van der Waals surface area contributed by atoms with Gasteiger partial charge in [0.15, 0.2) is 0 Å². The number of hydrogen-bond acceptors (Lipinski definition) is 3. The van der Waals surface area contributed by atoms with Crippen molar-refractivity contribution in [2.24, 2.45) is 5.10 Å². The Morgan fingerprint density at radius 1 is 1.00 bits per heavy atom. The summed E-state index contributed by atoms with van der Waals surface area (Å²) in [6, 6.07) is 14.9. The lowest BCUT2D eigenvalue weighted by Gasteiger charge is -2.05. The molecule has 0 fully saturated rings. The van der Waals surface area contributed by atoms with Crippen LogP contribution in [0.4, 0.5) is 10.1 Å². The molecule has 2 aromatic rings. The van der Waals surface area contributed by atoms with E-state index >= 15 is 0 Å². The zero-order valence-electron chi connectivity index (χ0n) is 11.6. The fourth-order valence-electron chi connectivity index (χ4n) is 1.66. The highest BCUT2D eigenvalue weighted by Gasteiger charge is 2.10. The third-order valence-corrected chi connectivity index (χ3v) is 2.67. The molecule has 0 spiro atoms. The molecule has 0 heterocycles. The summed E-state index contributed by atoms with van der Waals surface area (Å²) >= 11 is 0. The van der Waals surface area contributed by atoms with E-state index in [0.29, 0.717) is 0 Å². The summed E-state index contributed by atoms with van der Waals surface area (Å²) in [6.07, 6.45) is 1.02. The molecule has 22 heavy (non-hydrogen) atoms. The monoisotopic (exact) mass is 299 g/mol. The van der Waals surface area contributed by atoms with E-state index in [0.717, 1.165) is 5.56 Å². The SMILES string of the molecule is O=C(CC(=O)Nc1ccccc1F)N/N=C/c1ccccc1. The number of carbonyl (C=O) groups excluding carboxylic acids is 2. The predicted molar refractivity (Wildman–Crippen MR) is 81.8 cm³/mol. The minimum Gasteiger partial charge on any atom is -0.323 e. The van der Waals surface area contributed by atoms with Crippen LogP contribution < -0.4 is 10.7 Å². The van der Waals surface area contributed by atoms with Crippen LogP contribution in [-0.4, -0.2) is 18.0 Å². The van der Waals surface area contributed by atoms with Crippen molar-refractivity contribution >= 4 is 23.7 Å². The molecule has 0 radical (unpaired) electrons. The number of para-hydroxylation sites is 1. The molecule has 112 valence electrons. The second-order valence-electron chi connectivity index (χ2n) is 4.41. The molecule has 0 bridgehead atoms. The van der Waals surface area contributed by atoms with Crippen molar-refractivity contribution in [2.45, 2.75) is 6.42 Å². The first-order valence-corrected chi connectivity index (χ1v) is 6.56. The maximum atomic E-state index is 13.3. The smallest absolute Gasteiger partial charge is 0.249 e. The number of carbonyl (C=O) groups is 2. The Bertz CT molecular complexity index is 687. The molecule has 2 rings (SSSR count). The average Bonchev–Trinajstić information content (AvgIpc) is 2.50. The number of hydrogen-bond donors (Lipinski definition) is 2. The van der Waals surface area contributed by atoms with E-state index < -0.39 is 24.1 Å². The molecule has 0 aromatic heterocycles. The first-order chi connectivity index (χ1) is 10.6. The minimum atomic E-state index is -0.613. The van der Waals surface area contributed by atoms with Gasteiger partial charge in [0.25, 0.3) is 0 Å². The summed E-state index contributed by atoms with van der Waals surface area (Å²) in [5.74, 6) is -1.75. The van der Waals surface area contributed by atoms with Gasteiger partial charge < -0.3 is 5.32 Å². The summed E-state index contributed by atoms with van der Waals surface area (Å²) in [5.41, 5.74) is 3.09. The van der Waals surface area contributed by atoms with E-state index in [1.165, 1.54) is 24.4 Å². The molecule has 0 aliphatic heterocycles. The Hall–Kier alpha value is -3.02. The summed E-state index contributed by atoms with van der Waals surface area (Å²) < 4.78 is 13.3. The average molecular weight is 299 g/mol. The molecule has 0 saturated carbocycles. The largest absolute Gasteiger partial charge is 0.323 e. The van der Waals surface area contributed by atoms with Crippen molar-refractivity contribution in [2.75, 3.05) is 5.32 Å². The van der Waals surface area contributed by atoms with Gasteiger partial charge in [0, 0.05) is 0 Å². The molecular formula is C16H14FN3O2. The molecule has 0 unspecified atom stereocenters. The normalized spacial score (nSPS) is 10.4. The van der Waals surface area contributed by atoms with Crippen LogP contribution in [0.15, 0.2) is 59.7 Å². The molecular weight excluding hydrogens is 285 g/mol. The molecule has 0 aliphatic rings. The van der Waals surface area contributed by atoms with Gasteiger partial charge in [0.2, 0.25) is 11.8 Å². The molecule has 6 heteroatoms. The summed E-state index contributed by atoms with van der Waals surface area (Å²) in [4.78, 5) is 23.2. The second kappa shape index (κ2) is 7.68. The zero-order valence-corrected chi connectivity index (χ0v) is 11.6. The van der Waals surface area contributed by atoms with Crippen LogP contribution in [0, 0.1) is 5.82 Å². The number of nitrogens with one attached hydrogen (secondary N) is 2. The lowest BCUT2D eigenvalue weighted by Crippen LogP contribution is -2.24. The van der Waals surface area contributed by atoms with Gasteiger partial charge in [-0.05, 0) is 17.7 Å². The van der Waals surface area contributed by atoms with Gasteiger partial charge in [-0.1, -0.05) is 42.5 Å². The Morgan fingerprint density at radius 3 is 2.41 bits per heavy atom. The van der Waals surface area contributed by atoms with Crippen LogP contribution >= 0.6 is 0 Å². The molecule has 0 saturated heterocycles. The quantitative estimate of drug-likeness (QED) is 0.505. The number of nitrogens with zero attached hydrogens (tertiary/aromatic N) is 1. The number of hydrazone groups is 1. The first-order valence-electron chi connectivity index (χ1n) is 6.56. The molecule has 5 nitrogen and oxygen atoms in total. The molecule has 2 amide bonds. The maximum absolute atomic E-state index is 13.3. The minimum absolute atomic E-state index is 0.0353. The predicted octanol–water partition coefficient (Wildman–Crippen LogP) is 2.30. The standard InChI is InChI=1S/C16H14FN3O2/c17-13-8-4-5-9-14(13)19-15(21)10-16(22)20-18-11-12-6-2-1-3-7-12/h1-9,11H,10H2,(H,19,21)(H,20,22)/b18-11+. The zero-order chi connectivity index (χ0) is 15.8. The highest BCUT2D eigenvalue weighted by molar-refractivity contribution is 6.03. The van der Waals surface area contributed by atoms with E-state index in [4.69, 9.17) is 0 Å². The van der Waals surface area contributed by atoms with Crippen LogP contribution in [0.3, 0.4) is 0 Å². The Balaban J connectivity index is 1.81. The molecule has 2 N–H and O–H groups in total. The second-order valence-corrected chi connectivity index (χ2v) is 4.41. The van der Waals surface area contributed by atoms with Crippen molar-refractivity contribution in [3.05, 3.63) is 66.0 Å². The number of amides is 2. The van der Waals surface area contributed by atoms with E-state index in [1.807, 2.05) is 30.3 Å². The van der Waals surface area contributed by atoms with Crippen molar-refractivity contribution in [1.29, 1.82) is 0 Å². The summed E-state index contributed by atoms with van der Waals surface area (Å²) in [6.45, 7) is 0. The first kappa shape index (κ1) is 15.4. The third-order valence-electron chi connectivity index (χ3n) is 2.67. The molecule has 0 atom stereocenters. The van der Waals surface area contributed by atoms with Crippen molar-refractivity contribution in [3.63, 3.8) is 0 Å². The highest BCUT2D eigenvalue weighted by atomic mass is 19.1. The van der Waals surface area contributed by atoms with Crippen LogP contribution in [0.25, 0.3) is 0 Å². The van der Waals surface area contributed by atoms with Crippen molar-refractivity contribution in [3.8, 4) is 0 Å². The van der Waals surface area contributed by atoms with Crippen LogP contribution in [-0.2, 0) is 9.59 Å². The van der Waals surface area contributed by atoms with Crippen molar-refractivity contribution in [1.82, 2.24) is 5.43 Å². The highest BCUT2D eigenvalue weighted by Crippen LogP contribution is 2.12. The summed E-state index contributed by atoms with van der Waals surface area (Å²) in [7, 11) is 0. The number of rotatable bonds is 5. The summed E-state index contributed by atoms with van der Waals surface area (Å²) in [5, 5.41) is 6.06. The Morgan fingerprint density at radius 2 is 1.68 bits per heavy atom. The third kappa shape index (κ3) is 4.82. The molecule has 0 aliphatic carbocycles. The van der Waals surface area contributed by atoms with E-state index in [9.17, 15) is 14.0 Å². The van der Waals surface area contributed by atoms with Crippen LogP contribution in [0.1, 0.15) is 12.0 Å². The lowest BCUT2D eigenvalue weighted by molar-refractivity contribution is -0.126.